The van der Waals surface area contributed by atoms with Crippen molar-refractivity contribution in [3.63, 3.8) is 0 Å². The van der Waals surface area contributed by atoms with Crippen molar-refractivity contribution < 1.29 is 36.6 Å². The van der Waals surface area contributed by atoms with Crippen LogP contribution >= 0.6 is 0 Å². The SMILES string of the molecule is C#CC#Cc1ccc(C(C)(c2ccc(C(F)=C(F)F)cc2O)c2ccc(C(F)=C(F)F)cc2O)cc1. The van der Waals surface area contributed by atoms with Crippen LogP contribution in [0, 0.1) is 24.2 Å². The number of halogens is 6. The van der Waals surface area contributed by atoms with E-state index in [1.54, 1.807) is 31.2 Å². The van der Waals surface area contributed by atoms with Gasteiger partial charge in [-0.2, -0.15) is 17.6 Å². The smallest absolute Gasteiger partial charge is 0.306 e. The summed E-state index contributed by atoms with van der Waals surface area (Å²) in [5.74, 6) is 2.51. The molecule has 8 heteroatoms. The fourth-order valence-electron chi connectivity index (χ4n) is 3.85. The lowest BCUT2D eigenvalue weighted by molar-refractivity contribution is 0.409. The van der Waals surface area contributed by atoms with E-state index in [-0.39, 0.29) is 11.1 Å². The summed E-state index contributed by atoms with van der Waals surface area (Å²) in [5.41, 5.74) is -1.54. The summed E-state index contributed by atoms with van der Waals surface area (Å²) in [5, 5.41) is 21.5. The normalized spacial score (nSPS) is 10.6. The molecule has 3 aromatic carbocycles. The molecule has 0 bridgehead atoms. The molecule has 2 N–H and O–H groups in total. The second-order valence-corrected chi connectivity index (χ2v) is 7.71. The molecular formula is C28H16F6O2. The summed E-state index contributed by atoms with van der Waals surface area (Å²) in [4.78, 5) is 0. The van der Waals surface area contributed by atoms with Gasteiger partial charge in [-0.1, -0.05) is 42.3 Å². The van der Waals surface area contributed by atoms with Gasteiger partial charge in [0.05, 0.1) is 0 Å². The minimum absolute atomic E-state index is 0.0523. The van der Waals surface area contributed by atoms with Gasteiger partial charge in [0.15, 0.2) is 11.7 Å². The molecule has 3 rings (SSSR count). The number of rotatable bonds is 5. The number of hydrogen-bond acceptors (Lipinski definition) is 2. The van der Waals surface area contributed by atoms with Crippen LogP contribution in [0.3, 0.4) is 0 Å². The van der Waals surface area contributed by atoms with Crippen molar-refractivity contribution in [2.75, 3.05) is 0 Å². The van der Waals surface area contributed by atoms with Crippen molar-refractivity contribution >= 4 is 11.7 Å². The predicted octanol–water partition coefficient (Wildman–Crippen LogP) is 7.51. The van der Waals surface area contributed by atoms with Crippen molar-refractivity contribution in [3.05, 3.63) is 106 Å². The number of hydrogen-bond donors (Lipinski definition) is 2. The fraction of sp³-hybridized carbons (Fsp3) is 0.0714. The molecule has 36 heavy (non-hydrogen) atoms. The minimum atomic E-state index is -2.57. The van der Waals surface area contributed by atoms with Gasteiger partial charge in [-0.3, -0.25) is 0 Å². The van der Waals surface area contributed by atoms with E-state index in [0.29, 0.717) is 11.1 Å². The average Bonchev–Trinajstić information content (AvgIpc) is 2.86. The average molecular weight is 498 g/mol. The highest BCUT2D eigenvalue weighted by atomic mass is 19.3. The molecule has 0 fully saturated rings. The first-order valence-electron chi connectivity index (χ1n) is 10.2. The molecule has 0 radical (unpaired) electrons. The van der Waals surface area contributed by atoms with Crippen molar-refractivity contribution in [2.24, 2.45) is 0 Å². The van der Waals surface area contributed by atoms with Crippen molar-refractivity contribution in [1.82, 2.24) is 0 Å². The molecule has 0 unspecified atom stereocenters. The lowest BCUT2D eigenvalue weighted by atomic mass is 9.70. The van der Waals surface area contributed by atoms with Crippen LogP contribution in [-0.2, 0) is 5.41 Å². The summed E-state index contributed by atoms with van der Waals surface area (Å²) in [6, 6.07) is 12.4. The lowest BCUT2D eigenvalue weighted by Gasteiger charge is -2.33. The third kappa shape index (κ3) is 4.94. The van der Waals surface area contributed by atoms with Gasteiger partial charge in [0.1, 0.15) is 11.5 Å². The van der Waals surface area contributed by atoms with E-state index < -0.39 is 51.9 Å². The van der Waals surface area contributed by atoms with E-state index in [1.165, 1.54) is 12.1 Å². The van der Waals surface area contributed by atoms with E-state index in [4.69, 9.17) is 6.42 Å². The molecule has 182 valence electrons. The Hall–Kier alpha value is -4.56. The minimum Gasteiger partial charge on any atom is -0.508 e. The van der Waals surface area contributed by atoms with Crippen LogP contribution in [0.1, 0.15) is 40.3 Å². The number of phenolic OH excluding ortho intramolecular Hbond substituents is 2. The lowest BCUT2D eigenvalue weighted by Crippen LogP contribution is -2.26. The number of terminal acetylenes is 1. The van der Waals surface area contributed by atoms with Crippen LogP contribution in [-0.4, -0.2) is 10.2 Å². The Labute approximate surface area is 202 Å². The largest absolute Gasteiger partial charge is 0.508 e. The maximum absolute atomic E-state index is 13.8. The maximum atomic E-state index is 13.8. The monoisotopic (exact) mass is 498 g/mol. The number of aromatic hydroxyl groups is 2. The summed E-state index contributed by atoms with van der Waals surface area (Å²) in [6.07, 6.45) is -0.0124. The molecule has 0 heterocycles. The molecule has 0 spiro atoms. The van der Waals surface area contributed by atoms with Gasteiger partial charge in [-0.25, -0.2) is 8.78 Å². The van der Waals surface area contributed by atoms with Gasteiger partial charge in [-0.15, -0.1) is 6.42 Å². The molecule has 0 aliphatic carbocycles. The molecule has 0 aromatic heterocycles. The molecule has 2 nitrogen and oxygen atoms in total. The van der Waals surface area contributed by atoms with Gasteiger partial charge >= 0.3 is 12.2 Å². The Morgan fingerprint density at radius 3 is 1.53 bits per heavy atom. The third-order valence-electron chi connectivity index (χ3n) is 5.65. The van der Waals surface area contributed by atoms with Gasteiger partial charge in [-0.05, 0) is 48.6 Å². The van der Waals surface area contributed by atoms with Crippen LogP contribution in [0.2, 0.25) is 0 Å². The van der Waals surface area contributed by atoms with Crippen LogP contribution in [0.5, 0.6) is 11.5 Å². The fourth-order valence-corrected chi connectivity index (χ4v) is 3.85. The predicted molar refractivity (Wildman–Crippen MR) is 124 cm³/mol. The number of phenols is 2. The van der Waals surface area contributed by atoms with Crippen LogP contribution in [0.15, 0.2) is 72.8 Å². The molecule has 0 atom stereocenters. The van der Waals surface area contributed by atoms with Gasteiger partial charge in [0.2, 0.25) is 0 Å². The molecule has 3 aromatic rings. The summed E-state index contributed by atoms with van der Waals surface area (Å²) in [6.45, 7) is 1.54. The highest BCUT2D eigenvalue weighted by Gasteiger charge is 2.36. The van der Waals surface area contributed by atoms with Crippen molar-refractivity contribution in [2.45, 2.75) is 12.3 Å². The van der Waals surface area contributed by atoms with Gasteiger partial charge in [0, 0.05) is 33.2 Å². The zero-order valence-corrected chi connectivity index (χ0v) is 18.5. The first kappa shape index (κ1) is 26.1. The molecule has 0 aliphatic rings. The summed E-state index contributed by atoms with van der Waals surface area (Å²) in [7, 11) is 0. The number of benzene rings is 3. The van der Waals surface area contributed by atoms with Crippen molar-refractivity contribution in [1.29, 1.82) is 0 Å². The second-order valence-electron chi connectivity index (χ2n) is 7.71. The first-order valence-corrected chi connectivity index (χ1v) is 10.2. The zero-order chi connectivity index (χ0) is 26.6. The van der Waals surface area contributed by atoms with Crippen molar-refractivity contribution in [3.8, 4) is 35.7 Å². The summed E-state index contributed by atoms with van der Waals surface area (Å²) >= 11 is 0. The van der Waals surface area contributed by atoms with E-state index in [1.807, 2.05) is 0 Å². The molecular weight excluding hydrogens is 482 g/mol. The van der Waals surface area contributed by atoms with E-state index in [0.717, 1.165) is 24.3 Å². The Kier molecular flexibility index (Phi) is 7.50. The van der Waals surface area contributed by atoms with Crippen LogP contribution in [0.4, 0.5) is 26.3 Å². The van der Waals surface area contributed by atoms with E-state index >= 15 is 0 Å². The summed E-state index contributed by atoms with van der Waals surface area (Å²) < 4.78 is 78.4. The maximum Gasteiger partial charge on any atom is 0.306 e. The highest BCUT2D eigenvalue weighted by Crippen LogP contribution is 2.47. The second kappa shape index (κ2) is 10.4. The first-order chi connectivity index (χ1) is 17.0. The van der Waals surface area contributed by atoms with E-state index in [2.05, 4.69) is 17.8 Å². The zero-order valence-electron chi connectivity index (χ0n) is 18.5. The molecule has 0 aliphatic heterocycles. The Balaban J connectivity index is 2.29. The quantitative estimate of drug-likeness (QED) is 0.217. The van der Waals surface area contributed by atoms with Crippen LogP contribution < -0.4 is 0 Å². The molecule has 0 amide bonds. The Morgan fingerprint density at radius 2 is 1.17 bits per heavy atom. The Bertz CT molecular complexity index is 1400. The molecule has 0 saturated heterocycles. The van der Waals surface area contributed by atoms with Gasteiger partial charge in [0.25, 0.3) is 0 Å². The van der Waals surface area contributed by atoms with E-state index in [9.17, 15) is 36.6 Å². The molecule has 0 saturated carbocycles. The third-order valence-corrected chi connectivity index (χ3v) is 5.65. The van der Waals surface area contributed by atoms with Crippen LogP contribution in [0.25, 0.3) is 11.7 Å². The highest BCUT2D eigenvalue weighted by molar-refractivity contribution is 5.68. The standard InChI is InChI=1S/C28H16F6O2/c1-3-4-5-16-6-10-19(11-7-16)28(2,20-12-8-17(14-22(20)35)24(29)26(31)32)21-13-9-18(15-23(21)36)25(30)27(33)34/h1,6-15,35-36H,2H3. The van der Waals surface area contributed by atoms with Gasteiger partial charge < -0.3 is 10.2 Å². The Morgan fingerprint density at radius 1 is 0.722 bits per heavy atom. The topological polar surface area (TPSA) is 40.5 Å².